The van der Waals surface area contributed by atoms with Crippen LogP contribution in [0.3, 0.4) is 0 Å². The van der Waals surface area contributed by atoms with Gasteiger partial charge >= 0.3 is 5.97 Å². The third kappa shape index (κ3) is 3.42. The number of carboxylic acid groups (broad SMARTS) is 1. The molecule has 28 heavy (non-hydrogen) atoms. The van der Waals surface area contributed by atoms with E-state index in [0.717, 1.165) is 23.5 Å². The van der Waals surface area contributed by atoms with Gasteiger partial charge in [-0.05, 0) is 61.6 Å². The Morgan fingerprint density at radius 3 is 2.39 bits per heavy atom. The molecule has 2 aromatic carbocycles. The molecule has 1 saturated carbocycles. The first-order valence-corrected chi connectivity index (χ1v) is 9.40. The lowest BCUT2D eigenvalue weighted by Gasteiger charge is -2.20. The van der Waals surface area contributed by atoms with E-state index in [4.69, 9.17) is 9.47 Å². The second kappa shape index (κ2) is 6.86. The Morgan fingerprint density at radius 2 is 1.71 bits per heavy atom. The summed E-state index contributed by atoms with van der Waals surface area (Å²) in [6.45, 7) is 4.42. The molecule has 1 amide bonds. The van der Waals surface area contributed by atoms with Crippen LogP contribution in [0.15, 0.2) is 42.5 Å². The monoisotopic (exact) mass is 381 g/mol. The van der Waals surface area contributed by atoms with Crippen LogP contribution in [-0.4, -0.2) is 30.2 Å². The lowest BCUT2D eigenvalue weighted by Crippen LogP contribution is -2.28. The van der Waals surface area contributed by atoms with Gasteiger partial charge in [-0.3, -0.25) is 9.59 Å². The van der Waals surface area contributed by atoms with E-state index in [-0.39, 0.29) is 17.7 Å². The van der Waals surface area contributed by atoms with Gasteiger partial charge in [0.05, 0.1) is 5.41 Å². The fraction of sp³-hybridized carbons (Fsp3) is 0.364. The summed E-state index contributed by atoms with van der Waals surface area (Å²) in [4.78, 5) is 23.9. The summed E-state index contributed by atoms with van der Waals surface area (Å²) in [6, 6.07) is 12.9. The highest BCUT2D eigenvalue weighted by Crippen LogP contribution is 2.49. The van der Waals surface area contributed by atoms with Crippen molar-refractivity contribution < 1.29 is 24.2 Å². The Balaban J connectivity index is 1.39. The van der Waals surface area contributed by atoms with Gasteiger partial charge in [0.15, 0.2) is 11.5 Å². The van der Waals surface area contributed by atoms with Gasteiger partial charge in [0.25, 0.3) is 0 Å². The Hall–Kier alpha value is -3.02. The van der Waals surface area contributed by atoms with Crippen molar-refractivity contribution >= 4 is 17.6 Å². The summed E-state index contributed by atoms with van der Waals surface area (Å²) >= 11 is 0. The summed E-state index contributed by atoms with van der Waals surface area (Å²) < 4.78 is 11.2. The van der Waals surface area contributed by atoms with Crippen LogP contribution >= 0.6 is 0 Å². The second-order valence-corrected chi connectivity index (χ2v) is 7.85. The van der Waals surface area contributed by atoms with Gasteiger partial charge < -0.3 is 19.9 Å². The lowest BCUT2D eigenvalue weighted by molar-refractivity contribution is -0.142. The number of aliphatic carboxylic acids is 1. The molecule has 4 rings (SSSR count). The number of rotatable bonds is 5. The van der Waals surface area contributed by atoms with Crippen LogP contribution in [0.5, 0.6) is 11.5 Å². The molecule has 1 aliphatic heterocycles. The van der Waals surface area contributed by atoms with Crippen molar-refractivity contribution in [3.8, 4) is 11.5 Å². The number of anilines is 1. The minimum absolute atomic E-state index is 0.0230. The summed E-state index contributed by atoms with van der Waals surface area (Å²) in [5.74, 6) is 0.695. The molecule has 1 heterocycles. The summed E-state index contributed by atoms with van der Waals surface area (Å²) in [6.07, 6.45) is 0.801. The van der Waals surface area contributed by atoms with Crippen LogP contribution in [-0.2, 0) is 15.0 Å². The molecule has 1 fully saturated rings. The van der Waals surface area contributed by atoms with Gasteiger partial charge in [0, 0.05) is 11.6 Å². The number of hydrogen-bond acceptors (Lipinski definition) is 4. The highest BCUT2D eigenvalue weighted by molar-refractivity contribution is 5.95. The zero-order valence-corrected chi connectivity index (χ0v) is 15.9. The summed E-state index contributed by atoms with van der Waals surface area (Å²) in [7, 11) is 0. The SMILES string of the molecule is CC(C)(C(=O)O)c1ccc(NC(=O)C2CC2c2ccc3c(c2)OCCO3)cc1. The van der Waals surface area contributed by atoms with Crippen molar-refractivity contribution in [1.82, 2.24) is 0 Å². The Bertz CT molecular complexity index is 919. The highest BCUT2D eigenvalue weighted by Gasteiger charge is 2.44. The molecule has 2 unspecified atom stereocenters. The van der Waals surface area contributed by atoms with Gasteiger partial charge in [-0.15, -0.1) is 0 Å². The standard InChI is InChI=1S/C22H23NO5/c1-22(2,21(25)26)14-4-6-15(7-5-14)23-20(24)17-12-16(17)13-3-8-18-19(11-13)28-10-9-27-18/h3-8,11,16-17H,9-10,12H2,1-2H3,(H,23,24)(H,25,26). The van der Waals surface area contributed by atoms with E-state index in [0.29, 0.717) is 24.5 Å². The fourth-order valence-electron chi connectivity index (χ4n) is 3.47. The number of nitrogens with one attached hydrogen (secondary N) is 1. The first-order chi connectivity index (χ1) is 13.4. The molecule has 0 spiro atoms. The van der Waals surface area contributed by atoms with Crippen molar-refractivity contribution in [2.45, 2.75) is 31.6 Å². The molecule has 6 nitrogen and oxygen atoms in total. The second-order valence-electron chi connectivity index (χ2n) is 7.85. The Labute approximate surface area is 163 Å². The minimum Gasteiger partial charge on any atom is -0.486 e. The molecule has 0 saturated heterocycles. The maximum absolute atomic E-state index is 12.6. The van der Waals surface area contributed by atoms with Crippen molar-refractivity contribution in [3.63, 3.8) is 0 Å². The molecule has 2 aliphatic rings. The van der Waals surface area contributed by atoms with Crippen molar-refractivity contribution in [2.24, 2.45) is 5.92 Å². The Kier molecular flexibility index (Phi) is 4.49. The van der Waals surface area contributed by atoms with Crippen molar-refractivity contribution in [1.29, 1.82) is 0 Å². The van der Waals surface area contributed by atoms with E-state index in [9.17, 15) is 14.7 Å². The smallest absolute Gasteiger partial charge is 0.313 e. The first-order valence-electron chi connectivity index (χ1n) is 9.40. The topological polar surface area (TPSA) is 84.9 Å². The highest BCUT2D eigenvalue weighted by atomic mass is 16.6. The number of ether oxygens (including phenoxy) is 2. The van der Waals surface area contributed by atoms with Gasteiger partial charge in [-0.2, -0.15) is 0 Å². The average Bonchev–Trinajstić information content (AvgIpc) is 3.49. The van der Waals surface area contributed by atoms with Crippen LogP contribution in [0.4, 0.5) is 5.69 Å². The van der Waals surface area contributed by atoms with E-state index < -0.39 is 11.4 Å². The third-order valence-corrected chi connectivity index (χ3v) is 5.53. The zero-order valence-electron chi connectivity index (χ0n) is 15.9. The molecule has 0 radical (unpaired) electrons. The number of fused-ring (bicyclic) bond motifs is 1. The van der Waals surface area contributed by atoms with Gasteiger partial charge in [0.2, 0.25) is 5.91 Å². The van der Waals surface area contributed by atoms with Crippen LogP contribution in [0, 0.1) is 5.92 Å². The summed E-state index contributed by atoms with van der Waals surface area (Å²) in [5.41, 5.74) is 1.48. The lowest BCUT2D eigenvalue weighted by atomic mass is 9.85. The molecule has 2 aromatic rings. The van der Waals surface area contributed by atoms with E-state index in [1.165, 1.54) is 0 Å². The number of benzene rings is 2. The predicted octanol–water partition coefficient (Wildman–Crippen LogP) is 3.56. The van der Waals surface area contributed by atoms with Crippen LogP contribution in [0.25, 0.3) is 0 Å². The average molecular weight is 381 g/mol. The predicted molar refractivity (Wildman–Crippen MR) is 104 cm³/mol. The Morgan fingerprint density at radius 1 is 1.04 bits per heavy atom. The van der Waals surface area contributed by atoms with Gasteiger partial charge in [-0.1, -0.05) is 18.2 Å². The number of carbonyl (C=O) groups is 2. The summed E-state index contributed by atoms with van der Waals surface area (Å²) in [5, 5.41) is 12.2. The van der Waals surface area contributed by atoms with Gasteiger partial charge in [0.1, 0.15) is 13.2 Å². The maximum atomic E-state index is 12.6. The molecule has 6 heteroatoms. The fourth-order valence-corrected chi connectivity index (χ4v) is 3.47. The number of amides is 1. The van der Waals surface area contributed by atoms with Crippen molar-refractivity contribution in [3.05, 3.63) is 53.6 Å². The third-order valence-electron chi connectivity index (χ3n) is 5.53. The van der Waals surface area contributed by atoms with Crippen molar-refractivity contribution in [2.75, 3.05) is 18.5 Å². The number of carboxylic acids is 1. The molecule has 146 valence electrons. The molecule has 2 atom stereocenters. The number of carbonyl (C=O) groups excluding carboxylic acids is 1. The van der Waals surface area contributed by atoms with E-state index in [2.05, 4.69) is 5.32 Å². The van der Waals surface area contributed by atoms with Crippen LogP contribution in [0.2, 0.25) is 0 Å². The molecule has 1 aliphatic carbocycles. The normalized spacial score (nSPS) is 20.4. The van der Waals surface area contributed by atoms with E-state index in [1.807, 2.05) is 18.2 Å². The minimum atomic E-state index is -0.970. The molecular formula is C22H23NO5. The molecule has 0 aromatic heterocycles. The van der Waals surface area contributed by atoms with Gasteiger partial charge in [-0.25, -0.2) is 0 Å². The van der Waals surface area contributed by atoms with Crippen LogP contribution < -0.4 is 14.8 Å². The zero-order chi connectivity index (χ0) is 19.9. The first kappa shape index (κ1) is 18.3. The van der Waals surface area contributed by atoms with E-state index >= 15 is 0 Å². The molecular weight excluding hydrogens is 358 g/mol. The van der Waals surface area contributed by atoms with E-state index in [1.54, 1.807) is 38.1 Å². The largest absolute Gasteiger partial charge is 0.486 e. The molecule has 0 bridgehead atoms. The maximum Gasteiger partial charge on any atom is 0.313 e. The van der Waals surface area contributed by atoms with Crippen LogP contribution in [0.1, 0.15) is 37.3 Å². The molecule has 2 N–H and O–H groups in total. The quantitative estimate of drug-likeness (QED) is 0.827. The number of hydrogen-bond donors (Lipinski definition) is 2.